The fourth-order valence-electron chi connectivity index (χ4n) is 2.03. The van der Waals surface area contributed by atoms with Gasteiger partial charge in [0.25, 0.3) is 0 Å². The van der Waals surface area contributed by atoms with Crippen LogP contribution in [-0.4, -0.2) is 6.04 Å². The highest BCUT2D eigenvalue weighted by Crippen LogP contribution is 2.18. The van der Waals surface area contributed by atoms with E-state index in [1.807, 2.05) is 12.1 Å². The minimum atomic E-state index is 0.378. The molecule has 0 aromatic carbocycles. The molecule has 1 aliphatic carbocycles. The number of hydrogen-bond acceptors (Lipinski definition) is 2. The van der Waals surface area contributed by atoms with Gasteiger partial charge in [0.2, 0.25) is 0 Å². The SMILES string of the molecule is CC(C=CC1=CCCCC1)NCc1ccco1. The van der Waals surface area contributed by atoms with Crippen molar-refractivity contribution in [3.8, 4) is 0 Å². The van der Waals surface area contributed by atoms with Crippen LogP contribution in [0, 0.1) is 0 Å². The van der Waals surface area contributed by atoms with Gasteiger partial charge in [0.15, 0.2) is 0 Å². The molecule has 0 radical (unpaired) electrons. The minimum Gasteiger partial charge on any atom is -0.468 e. The Morgan fingerprint density at radius 2 is 2.41 bits per heavy atom. The summed E-state index contributed by atoms with van der Waals surface area (Å²) in [5.41, 5.74) is 1.49. The van der Waals surface area contributed by atoms with Gasteiger partial charge in [0.1, 0.15) is 5.76 Å². The standard InChI is InChI=1S/C15H21NO/c1-13(16-12-15-8-5-11-17-15)9-10-14-6-3-2-4-7-14/h5-6,8-11,13,16H,2-4,7,12H2,1H3. The van der Waals surface area contributed by atoms with Crippen LogP contribution in [0.2, 0.25) is 0 Å². The highest BCUT2D eigenvalue weighted by atomic mass is 16.3. The summed E-state index contributed by atoms with van der Waals surface area (Å²) in [4.78, 5) is 0. The van der Waals surface area contributed by atoms with Crippen molar-refractivity contribution >= 4 is 0 Å². The zero-order valence-corrected chi connectivity index (χ0v) is 10.5. The third-order valence-corrected chi connectivity index (χ3v) is 3.10. The molecule has 1 aromatic heterocycles. The molecule has 0 spiro atoms. The summed E-state index contributed by atoms with van der Waals surface area (Å²) >= 11 is 0. The van der Waals surface area contributed by atoms with E-state index in [1.54, 1.807) is 6.26 Å². The molecule has 92 valence electrons. The van der Waals surface area contributed by atoms with Gasteiger partial charge in [-0.05, 0) is 44.7 Å². The van der Waals surface area contributed by atoms with Crippen LogP contribution in [0.15, 0.2) is 46.6 Å². The molecule has 1 aromatic rings. The summed E-state index contributed by atoms with van der Waals surface area (Å²) in [5, 5.41) is 3.42. The fourth-order valence-corrected chi connectivity index (χ4v) is 2.03. The highest BCUT2D eigenvalue weighted by molar-refractivity contribution is 5.21. The molecule has 0 fully saturated rings. The Hall–Kier alpha value is -1.28. The molecule has 2 nitrogen and oxygen atoms in total. The van der Waals surface area contributed by atoms with E-state index < -0.39 is 0 Å². The molecule has 17 heavy (non-hydrogen) atoms. The van der Waals surface area contributed by atoms with Crippen LogP contribution in [-0.2, 0) is 6.54 Å². The lowest BCUT2D eigenvalue weighted by Gasteiger charge is -2.11. The first-order chi connectivity index (χ1) is 8.34. The zero-order valence-electron chi connectivity index (χ0n) is 10.5. The lowest BCUT2D eigenvalue weighted by Crippen LogP contribution is -2.23. The molecule has 1 N–H and O–H groups in total. The van der Waals surface area contributed by atoms with Gasteiger partial charge in [-0.2, -0.15) is 0 Å². The monoisotopic (exact) mass is 231 g/mol. The van der Waals surface area contributed by atoms with Gasteiger partial charge >= 0.3 is 0 Å². The molecular weight excluding hydrogens is 210 g/mol. The molecular formula is C15H21NO. The van der Waals surface area contributed by atoms with Crippen LogP contribution in [0.1, 0.15) is 38.4 Å². The third kappa shape index (κ3) is 4.23. The van der Waals surface area contributed by atoms with Crippen LogP contribution in [0.3, 0.4) is 0 Å². The summed E-state index contributed by atoms with van der Waals surface area (Å²) in [6.45, 7) is 2.96. The van der Waals surface area contributed by atoms with Crippen molar-refractivity contribution in [1.82, 2.24) is 5.32 Å². The van der Waals surface area contributed by atoms with Crippen molar-refractivity contribution in [1.29, 1.82) is 0 Å². The predicted molar refractivity (Wildman–Crippen MR) is 70.7 cm³/mol. The maximum atomic E-state index is 5.28. The Balaban J connectivity index is 1.74. The van der Waals surface area contributed by atoms with Crippen molar-refractivity contribution in [3.05, 3.63) is 48.0 Å². The number of hydrogen-bond donors (Lipinski definition) is 1. The van der Waals surface area contributed by atoms with Crippen LogP contribution < -0.4 is 5.32 Å². The van der Waals surface area contributed by atoms with Gasteiger partial charge in [-0.15, -0.1) is 0 Å². The van der Waals surface area contributed by atoms with E-state index in [0.29, 0.717) is 6.04 Å². The first-order valence-corrected chi connectivity index (χ1v) is 6.47. The van der Waals surface area contributed by atoms with Crippen molar-refractivity contribution in [3.63, 3.8) is 0 Å². The van der Waals surface area contributed by atoms with Gasteiger partial charge in [0, 0.05) is 6.04 Å². The van der Waals surface area contributed by atoms with E-state index in [1.165, 1.54) is 31.3 Å². The largest absolute Gasteiger partial charge is 0.468 e. The summed E-state index contributed by atoms with van der Waals surface area (Å²) in [6, 6.07) is 4.29. The van der Waals surface area contributed by atoms with Crippen LogP contribution in [0.5, 0.6) is 0 Å². The highest BCUT2D eigenvalue weighted by Gasteiger charge is 2.02. The molecule has 1 unspecified atom stereocenters. The Morgan fingerprint density at radius 1 is 1.47 bits per heavy atom. The van der Waals surface area contributed by atoms with E-state index >= 15 is 0 Å². The zero-order chi connectivity index (χ0) is 11.9. The molecule has 1 heterocycles. The molecule has 2 heteroatoms. The second-order valence-corrected chi connectivity index (χ2v) is 4.63. The molecule has 0 saturated carbocycles. The van der Waals surface area contributed by atoms with Crippen molar-refractivity contribution in [2.24, 2.45) is 0 Å². The van der Waals surface area contributed by atoms with Crippen molar-refractivity contribution in [2.75, 3.05) is 0 Å². The first kappa shape index (κ1) is 12.2. The van der Waals surface area contributed by atoms with Crippen molar-refractivity contribution < 1.29 is 4.42 Å². The normalized spacial score (nSPS) is 18.3. The Morgan fingerprint density at radius 3 is 3.12 bits per heavy atom. The molecule has 0 saturated heterocycles. The second-order valence-electron chi connectivity index (χ2n) is 4.63. The molecule has 0 bridgehead atoms. The minimum absolute atomic E-state index is 0.378. The summed E-state index contributed by atoms with van der Waals surface area (Å²) in [5.74, 6) is 0.988. The summed E-state index contributed by atoms with van der Waals surface area (Å²) in [7, 11) is 0. The second kappa shape index (κ2) is 6.45. The fraction of sp³-hybridized carbons (Fsp3) is 0.467. The van der Waals surface area contributed by atoms with E-state index in [4.69, 9.17) is 4.42 Å². The number of furan rings is 1. The van der Waals surface area contributed by atoms with Gasteiger partial charge < -0.3 is 9.73 Å². The van der Waals surface area contributed by atoms with Gasteiger partial charge in [0.05, 0.1) is 12.8 Å². The van der Waals surface area contributed by atoms with Crippen LogP contribution >= 0.6 is 0 Å². The molecule has 2 rings (SSSR count). The topological polar surface area (TPSA) is 25.2 Å². The summed E-state index contributed by atoms with van der Waals surface area (Å²) < 4.78 is 5.28. The third-order valence-electron chi connectivity index (χ3n) is 3.10. The Kier molecular flexibility index (Phi) is 4.63. The Bertz CT molecular complexity index is 376. The smallest absolute Gasteiger partial charge is 0.117 e. The predicted octanol–water partition coefficient (Wildman–Crippen LogP) is 3.81. The molecule has 0 amide bonds. The Labute approximate surface area is 103 Å². The maximum Gasteiger partial charge on any atom is 0.117 e. The lowest BCUT2D eigenvalue weighted by atomic mass is 9.99. The van der Waals surface area contributed by atoms with E-state index in [0.717, 1.165) is 12.3 Å². The van der Waals surface area contributed by atoms with Gasteiger partial charge in [-0.25, -0.2) is 0 Å². The van der Waals surface area contributed by atoms with E-state index in [2.05, 4.69) is 30.5 Å². The van der Waals surface area contributed by atoms with Crippen molar-refractivity contribution in [2.45, 2.75) is 45.2 Å². The molecule has 1 aliphatic rings. The molecule has 0 aliphatic heterocycles. The van der Waals surface area contributed by atoms with Crippen LogP contribution in [0.4, 0.5) is 0 Å². The average molecular weight is 231 g/mol. The maximum absolute atomic E-state index is 5.28. The van der Waals surface area contributed by atoms with Gasteiger partial charge in [-0.3, -0.25) is 0 Å². The number of nitrogens with one attached hydrogen (secondary N) is 1. The van der Waals surface area contributed by atoms with E-state index in [-0.39, 0.29) is 0 Å². The van der Waals surface area contributed by atoms with E-state index in [9.17, 15) is 0 Å². The number of rotatable bonds is 5. The molecule has 1 atom stereocenters. The first-order valence-electron chi connectivity index (χ1n) is 6.47. The lowest BCUT2D eigenvalue weighted by molar-refractivity contribution is 0.474. The summed E-state index contributed by atoms with van der Waals surface area (Å²) in [6.07, 6.45) is 13.7. The number of allylic oxidation sites excluding steroid dienone is 3. The quantitative estimate of drug-likeness (QED) is 0.833. The van der Waals surface area contributed by atoms with Crippen LogP contribution in [0.25, 0.3) is 0 Å². The average Bonchev–Trinajstić information content (AvgIpc) is 2.88. The van der Waals surface area contributed by atoms with Gasteiger partial charge in [-0.1, -0.05) is 23.8 Å².